The molecule has 2 heterocycles. The van der Waals surface area contributed by atoms with Gasteiger partial charge in [-0.3, -0.25) is 9.69 Å². The number of carbonyl (C=O) groups is 1. The van der Waals surface area contributed by atoms with Crippen molar-refractivity contribution in [2.24, 2.45) is 5.73 Å². The molecule has 1 fully saturated rings. The van der Waals surface area contributed by atoms with Crippen molar-refractivity contribution in [2.45, 2.75) is 25.0 Å². The lowest BCUT2D eigenvalue weighted by atomic mass is 10.1. The van der Waals surface area contributed by atoms with E-state index in [-0.39, 0.29) is 29.9 Å². The van der Waals surface area contributed by atoms with Gasteiger partial charge in [-0.2, -0.15) is 4.98 Å². The molecule has 7 nitrogen and oxygen atoms in total. The quantitative estimate of drug-likeness (QED) is 0.852. The van der Waals surface area contributed by atoms with Gasteiger partial charge in [0.25, 0.3) is 11.7 Å². The number of primary amides is 1. The van der Waals surface area contributed by atoms with E-state index in [2.05, 4.69) is 10.1 Å². The lowest BCUT2D eigenvalue weighted by Gasteiger charge is -2.24. The second kappa shape index (κ2) is 6.62. The van der Waals surface area contributed by atoms with Crippen molar-refractivity contribution >= 4 is 5.91 Å². The van der Waals surface area contributed by atoms with E-state index in [0.717, 1.165) is 18.6 Å². The molecule has 128 valence electrons. The molecule has 2 aromatic rings. The van der Waals surface area contributed by atoms with Gasteiger partial charge in [-0.1, -0.05) is 11.2 Å². The minimum absolute atomic E-state index is 0.0189. The van der Waals surface area contributed by atoms with Crippen LogP contribution >= 0.6 is 0 Å². The van der Waals surface area contributed by atoms with E-state index in [4.69, 9.17) is 10.3 Å². The highest BCUT2D eigenvalue weighted by Crippen LogP contribution is 2.32. The fourth-order valence-corrected chi connectivity index (χ4v) is 2.89. The van der Waals surface area contributed by atoms with E-state index in [1.54, 1.807) is 0 Å². The lowest BCUT2D eigenvalue weighted by molar-refractivity contribution is 0.0942. The Morgan fingerprint density at radius 1 is 1.50 bits per heavy atom. The van der Waals surface area contributed by atoms with E-state index in [1.165, 1.54) is 6.07 Å². The molecule has 0 bridgehead atoms. The first kappa shape index (κ1) is 16.5. The lowest BCUT2D eigenvalue weighted by Crippen LogP contribution is -2.29. The third kappa shape index (κ3) is 3.26. The SMILES string of the molecule is NC(=O)c1noc(C2CCCN2CC(O)c2ccc(F)cc2F)n1. The first-order valence-corrected chi connectivity index (χ1v) is 7.46. The Bertz CT molecular complexity index is 752. The number of aromatic nitrogens is 2. The first-order valence-electron chi connectivity index (χ1n) is 7.46. The number of β-amino-alcohol motifs (C(OH)–C–C–N with tert-alkyl or cyclic N) is 1. The molecule has 1 aromatic heterocycles. The zero-order chi connectivity index (χ0) is 17.3. The van der Waals surface area contributed by atoms with Gasteiger partial charge >= 0.3 is 0 Å². The molecule has 2 unspecified atom stereocenters. The molecule has 0 aliphatic carbocycles. The molecule has 1 saturated heterocycles. The normalized spacial score (nSPS) is 19.5. The molecule has 1 aromatic carbocycles. The number of likely N-dealkylation sites (tertiary alicyclic amines) is 1. The number of aliphatic hydroxyl groups excluding tert-OH is 1. The van der Waals surface area contributed by atoms with Crippen molar-refractivity contribution in [1.82, 2.24) is 15.0 Å². The van der Waals surface area contributed by atoms with Gasteiger partial charge in [0.1, 0.15) is 11.6 Å². The number of rotatable bonds is 5. The van der Waals surface area contributed by atoms with Gasteiger partial charge in [0.05, 0.1) is 12.1 Å². The topological polar surface area (TPSA) is 105 Å². The standard InChI is InChI=1S/C15H16F2N4O3/c16-8-3-4-9(10(17)6-8)12(22)7-21-5-1-2-11(21)15-19-14(13(18)23)20-24-15/h3-4,6,11-12,22H,1-2,5,7H2,(H2,18,23). The van der Waals surface area contributed by atoms with Gasteiger partial charge in [-0.25, -0.2) is 8.78 Å². The summed E-state index contributed by atoms with van der Waals surface area (Å²) >= 11 is 0. The molecule has 2 atom stereocenters. The van der Waals surface area contributed by atoms with Crippen LogP contribution in [0, 0.1) is 11.6 Å². The molecule has 0 saturated carbocycles. The van der Waals surface area contributed by atoms with Gasteiger partial charge in [-0.15, -0.1) is 0 Å². The van der Waals surface area contributed by atoms with Gasteiger partial charge in [0, 0.05) is 18.2 Å². The highest BCUT2D eigenvalue weighted by Gasteiger charge is 2.33. The van der Waals surface area contributed by atoms with Crippen LogP contribution in [0.25, 0.3) is 0 Å². The third-order valence-corrected chi connectivity index (χ3v) is 4.04. The molecule has 1 aliphatic heterocycles. The summed E-state index contributed by atoms with van der Waals surface area (Å²) in [7, 11) is 0. The molecular weight excluding hydrogens is 322 g/mol. The molecule has 9 heteroatoms. The van der Waals surface area contributed by atoms with Gasteiger partial charge in [-0.05, 0) is 25.5 Å². The predicted octanol–water partition coefficient (Wildman–Crippen LogP) is 1.32. The van der Waals surface area contributed by atoms with Gasteiger partial charge in [0.15, 0.2) is 0 Å². The van der Waals surface area contributed by atoms with E-state index >= 15 is 0 Å². The Labute approximate surface area is 136 Å². The summed E-state index contributed by atoms with van der Waals surface area (Å²) in [5.41, 5.74) is 5.12. The smallest absolute Gasteiger partial charge is 0.290 e. The van der Waals surface area contributed by atoms with Crippen molar-refractivity contribution < 1.29 is 23.2 Å². The maximum atomic E-state index is 13.8. The van der Waals surface area contributed by atoms with Crippen molar-refractivity contribution in [3.05, 3.63) is 47.1 Å². The largest absolute Gasteiger partial charge is 0.387 e. The molecule has 3 rings (SSSR count). The van der Waals surface area contributed by atoms with Crippen LogP contribution in [0.4, 0.5) is 8.78 Å². The van der Waals surface area contributed by atoms with Crippen molar-refractivity contribution in [3.8, 4) is 0 Å². The first-order chi connectivity index (χ1) is 11.5. The summed E-state index contributed by atoms with van der Waals surface area (Å²) in [6, 6.07) is 2.76. The van der Waals surface area contributed by atoms with Crippen LogP contribution in [0.5, 0.6) is 0 Å². The van der Waals surface area contributed by atoms with Crippen LogP contribution in [-0.2, 0) is 0 Å². The third-order valence-electron chi connectivity index (χ3n) is 4.04. The van der Waals surface area contributed by atoms with Crippen LogP contribution in [0.15, 0.2) is 22.7 Å². The summed E-state index contributed by atoms with van der Waals surface area (Å²) in [5.74, 6) is -2.27. The highest BCUT2D eigenvalue weighted by atomic mass is 19.1. The van der Waals surface area contributed by atoms with Crippen LogP contribution in [0.1, 0.15) is 47.1 Å². The number of aliphatic hydroxyl groups is 1. The van der Waals surface area contributed by atoms with Crippen LogP contribution < -0.4 is 5.73 Å². The summed E-state index contributed by atoms with van der Waals surface area (Å²) in [6.45, 7) is 0.750. The maximum absolute atomic E-state index is 13.8. The number of carbonyl (C=O) groups excluding carboxylic acids is 1. The molecule has 1 aliphatic rings. The zero-order valence-electron chi connectivity index (χ0n) is 12.7. The summed E-state index contributed by atoms with van der Waals surface area (Å²) in [4.78, 5) is 16.9. The molecule has 1 amide bonds. The van der Waals surface area contributed by atoms with Crippen molar-refractivity contribution in [3.63, 3.8) is 0 Å². The van der Waals surface area contributed by atoms with E-state index in [1.807, 2.05) is 4.90 Å². The molecule has 3 N–H and O–H groups in total. The Hall–Kier alpha value is -2.39. The second-order valence-corrected chi connectivity index (χ2v) is 5.66. The average molecular weight is 338 g/mol. The molecule has 0 spiro atoms. The number of benzene rings is 1. The Morgan fingerprint density at radius 2 is 2.29 bits per heavy atom. The molecule has 24 heavy (non-hydrogen) atoms. The second-order valence-electron chi connectivity index (χ2n) is 5.66. The number of hydrogen-bond donors (Lipinski definition) is 2. The fraction of sp³-hybridized carbons (Fsp3) is 0.400. The summed E-state index contributed by atoms with van der Waals surface area (Å²) in [6.07, 6.45) is 0.376. The van der Waals surface area contributed by atoms with E-state index in [0.29, 0.717) is 13.0 Å². The number of halogens is 2. The summed E-state index contributed by atoms with van der Waals surface area (Å²) in [5, 5.41) is 13.8. The van der Waals surface area contributed by atoms with Crippen LogP contribution in [-0.4, -0.2) is 39.1 Å². The van der Waals surface area contributed by atoms with Gasteiger partial charge in [0.2, 0.25) is 5.89 Å². The summed E-state index contributed by atoms with van der Waals surface area (Å²) < 4.78 is 31.8. The predicted molar refractivity (Wildman–Crippen MR) is 77.7 cm³/mol. The van der Waals surface area contributed by atoms with Crippen LogP contribution in [0.3, 0.4) is 0 Å². The number of hydrogen-bond acceptors (Lipinski definition) is 6. The van der Waals surface area contributed by atoms with E-state index < -0.39 is 23.6 Å². The highest BCUT2D eigenvalue weighted by molar-refractivity contribution is 5.88. The van der Waals surface area contributed by atoms with E-state index in [9.17, 15) is 18.7 Å². The van der Waals surface area contributed by atoms with Crippen molar-refractivity contribution in [1.29, 1.82) is 0 Å². The molecular formula is C15H16F2N4O3. The monoisotopic (exact) mass is 338 g/mol. The zero-order valence-corrected chi connectivity index (χ0v) is 12.7. The Morgan fingerprint density at radius 3 is 2.96 bits per heavy atom. The average Bonchev–Trinajstić information content (AvgIpc) is 3.15. The fourth-order valence-electron chi connectivity index (χ4n) is 2.89. The maximum Gasteiger partial charge on any atom is 0.290 e. The Balaban J connectivity index is 1.74. The number of nitrogens with zero attached hydrogens (tertiary/aromatic N) is 3. The van der Waals surface area contributed by atoms with Gasteiger partial charge < -0.3 is 15.4 Å². The minimum Gasteiger partial charge on any atom is -0.387 e. The minimum atomic E-state index is -1.13. The van der Waals surface area contributed by atoms with Crippen molar-refractivity contribution in [2.75, 3.05) is 13.1 Å². The number of amides is 1. The number of nitrogens with two attached hydrogens (primary N) is 1. The Kier molecular flexibility index (Phi) is 4.54. The van der Waals surface area contributed by atoms with Crippen LogP contribution in [0.2, 0.25) is 0 Å². The molecule has 0 radical (unpaired) electrons.